The fourth-order valence-electron chi connectivity index (χ4n) is 3.44. The molecule has 9 heteroatoms. The predicted octanol–water partition coefficient (Wildman–Crippen LogP) is 4.39. The van der Waals surface area contributed by atoms with Crippen LogP contribution in [0.2, 0.25) is 0 Å². The normalized spacial score (nSPS) is 13.5. The van der Waals surface area contributed by atoms with Gasteiger partial charge in [0.2, 0.25) is 0 Å². The number of hydrogen-bond donors (Lipinski definition) is 2. The summed E-state index contributed by atoms with van der Waals surface area (Å²) in [5.74, 6) is 2.40. The molecule has 0 radical (unpaired) electrons. The van der Waals surface area contributed by atoms with Crippen molar-refractivity contribution in [2.24, 2.45) is 5.92 Å². The van der Waals surface area contributed by atoms with Gasteiger partial charge in [-0.05, 0) is 58.0 Å². The molecule has 2 N–H and O–H groups in total. The maximum Gasteiger partial charge on any atom is 0.149 e. The molecule has 0 bridgehead atoms. The molecule has 3 aromatic rings. The van der Waals surface area contributed by atoms with Crippen LogP contribution in [0.15, 0.2) is 48.5 Å². The van der Waals surface area contributed by atoms with Crippen molar-refractivity contribution in [1.82, 2.24) is 15.0 Å². The molecule has 0 fully saturated rings. The molecule has 2 aromatic carbocycles. The van der Waals surface area contributed by atoms with Crippen LogP contribution in [0, 0.1) is 9.62 Å². The maximum atomic E-state index is 10.3. The van der Waals surface area contributed by atoms with Gasteiger partial charge in [0, 0.05) is 17.2 Å². The van der Waals surface area contributed by atoms with E-state index < -0.39 is 6.10 Å². The van der Waals surface area contributed by atoms with Gasteiger partial charge in [-0.2, -0.15) is 0 Å². The van der Waals surface area contributed by atoms with Crippen LogP contribution >= 0.6 is 34.2 Å². The molecule has 1 aromatic heterocycles. The van der Waals surface area contributed by atoms with Crippen molar-refractivity contribution in [3.05, 3.63) is 69.1 Å². The molecule has 0 amide bonds. The number of nitrogens with zero attached hydrogens (tertiary/aromatic N) is 3. The van der Waals surface area contributed by atoms with Gasteiger partial charge >= 0.3 is 0 Å². The Balaban J connectivity index is 1.57. The number of hydrogen-bond acceptors (Lipinski definition) is 6. The van der Waals surface area contributed by atoms with Crippen LogP contribution in [0.25, 0.3) is 0 Å². The van der Waals surface area contributed by atoms with E-state index in [-0.39, 0.29) is 25.2 Å². The average molecular weight is 600 g/mol. The topological polar surface area (TPSA) is 89.6 Å². The Kier molecular flexibility index (Phi) is 9.58. The van der Waals surface area contributed by atoms with Gasteiger partial charge in [0.1, 0.15) is 27.9 Å². The molecule has 0 aliphatic carbocycles. The van der Waals surface area contributed by atoms with Crippen molar-refractivity contribution in [2.75, 3.05) is 19.1 Å². The van der Waals surface area contributed by atoms with E-state index in [4.69, 9.17) is 21.1 Å². The molecule has 0 aliphatic rings. The number of benzene rings is 2. The van der Waals surface area contributed by atoms with Crippen molar-refractivity contribution in [1.29, 1.82) is 0 Å². The van der Waals surface area contributed by atoms with Gasteiger partial charge < -0.3 is 19.7 Å². The van der Waals surface area contributed by atoms with Crippen molar-refractivity contribution >= 4 is 34.2 Å². The summed E-state index contributed by atoms with van der Waals surface area (Å²) in [6.07, 6.45) is -0.785. The lowest BCUT2D eigenvalue weighted by Gasteiger charge is -2.26. The van der Waals surface area contributed by atoms with Crippen LogP contribution in [-0.2, 0) is 18.6 Å². The molecule has 0 saturated carbocycles. The van der Waals surface area contributed by atoms with E-state index >= 15 is 0 Å². The van der Waals surface area contributed by atoms with E-state index in [0.29, 0.717) is 33.5 Å². The van der Waals surface area contributed by atoms with Gasteiger partial charge in [-0.1, -0.05) is 50.3 Å². The van der Waals surface area contributed by atoms with Crippen molar-refractivity contribution < 1.29 is 19.7 Å². The number of rotatable bonds is 12. The number of ether oxygens (including phenoxy) is 2. The van der Waals surface area contributed by atoms with E-state index in [1.165, 1.54) is 10.2 Å². The fourth-order valence-corrected chi connectivity index (χ4v) is 4.07. The third kappa shape index (κ3) is 6.84. The van der Waals surface area contributed by atoms with Gasteiger partial charge in [0.15, 0.2) is 0 Å². The second-order valence-electron chi connectivity index (χ2n) is 8.88. The summed E-state index contributed by atoms with van der Waals surface area (Å²) in [6, 6.07) is 16.1. The smallest absolute Gasteiger partial charge is 0.149 e. The first-order valence-electron chi connectivity index (χ1n) is 11.1. The number of halogens is 2. The van der Waals surface area contributed by atoms with Crippen LogP contribution in [-0.4, -0.2) is 50.4 Å². The summed E-state index contributed by atoms with van der Waals surface area (Å²) in [5.41, 5.74) is 2.70. The fraction of sp³-hybridized carbons (Fsp3) is 0.440. The molecule has 0 spiro atoms. The first-order chi connectivity index (χ1) is 16.2. The molecule has 0 saturated heterocycles. The Morgan fingerprint density at radius 1 is 1.00 bits per heavy atom. The van der Waals surface area contributed by atoms with Crippen molar-refractivity contribution in [2.45, 2.75) is 45.4 Å². The summed E-state index contributed by atoms with van der Waals surface area (Å²) in [7, 11) is 0. The van der Waals surface area contributed by atoms with Gasteiger partial charge in [0.25, 0.3) is 0 Å². The lowest BCUT2D eigenvalue weighted by Crippen LogP contribution is -2.25. The molecule has 184 valence electrons. The monoisotopic (exact) mass is 599 g/mol. The van der Waals surface area contributed by atoms with Crippen LogP contribution in [0.5, 0.6) is 11.5 Å². The molecule has 2 atom stereocenters. The summed E-state index contributed by atoms with van der Waals surface area (Å²) in [6.45, 7) is 7.13. The second-order valence-corrected chi connectivity index (χ2v) is 10.2. The third-order valence-electron chi connectivity index (χ3n) is 5.72. The van der Waals surface area contributed by atoms with Crippen LogP contribution in [0.4, 0.5) is 0 Å². The van der Waals surface area contributed by atoms with Crippen LogP contribution in [0.3, 0.4) is 0 Å². The molecular formula is C25H31ClIN3O4. The lowest BCUT2D eigenvalue weighted by atomic mass is 9.78. The zero-order valence-electron chi connectivity index (χ0n) is 19.6. The van der Waals surface area contributed by atoms with E-state index in [9.17, 15) is 10.2 Å². The highest BCUT2D eigenvalue weighted by atomic mass is 127. The predicted molar refractivity (Wildman–Crippen MR) is 141 cm³/mol. The zero-order valence-corrected chi connectivity index (χ0v) is 22.5. The van der Waals surface area contributed by atoms with Crippen molar-refractivity contribution in [3.8, 4) is 11.5 Å². The standard InChI is InChI=1S/C25H31ClIN3O4/c1-17(12-26)15-33-21-8-4-18(5-9-21)25(2,3)19-6-10-22(11-7-19)34-16-20(32)13-30-23(14-31)24(27)28-29-30/h4-11,17,20,31-32H,12-16H2,1-3H3. The summed E-state index contributed by atoms with van der Waals surface area (Å²) in [5, 5.41) is 27.6. The molecule has 2 unspecified atom stereocenters. The molecule has 0 aliphatic heterocycles. The average Bonchev–Trinajstić information content (AvgIpc) is 3.20. The Bertz CT molecular complexity index is 1040. The minimum absolute atomic E-state index is 0.105. The summed E-state index contributed by atoms with van der Waals surface area (Å²) >= 11 is 7.85. The zero-order chi connectivity index (χ0) is 24.7. The molecular weight excluding hydrogens is 569 g/mol. The van der Waals surface area contributed by atoms with Gasteiger partial charge in [-0.3, -0.25) is 0 Å². The molecule has 1 heterocycles. The Morgan fingerprint density at radius 2 is 1.53 bits per heavy atom. The molecule has 34 heavy (non-hydrogen) atoms. The minimum atomic E-state index is -0.785. The Labute approximate surface area is 219 Å². The van der Waals surface area contributed by atoms with E-state index in [1.54, 1.807) is 0 Å². The van der Waals surface area contributed by atoms with E-state index in [1.807, 2.05) is 59.0 Å². The number of alkyl halides is 1. The molecule has 7 nitrogen and oxygen atoms in total. The maximum absolute atomic E-state index is 10.3. The van der Waals surface area contributed by atoms with Gasteiger partial charge in [-0.25, -0.2) is 4.68 Å². The SMILES string of the molecule is CC(CCl)COc1ccc(C(C)(C)c2ccc(OCC(O)Cn3nnc(I)c3CO)cc2)cc1. The van der Waals surface area contributed by atoms with Crippen LogP contribution in [0.1, 0.15) is 37.6 Å². The lowest BCUT2D eigenvalue weighted by molar-refractivity contribution is 0.0866. The van der Waals surface area contributed by atoms with Crippen LogP contribution < -0.4 is 9.47 Å². The Hall–Kier alpha value is -1.88. The Morgan fingerprint density at radius 3 is 2.03 bits per heavy atom. The summed E-state index contributed by atoms with van der Waals surface area (Å²) < 4.78 is 13.7. The number of aliphatic hydroxyl groups is 2. The first kappa shape index (κ1) is 26.7. The molecule has 3 rings (SSSR count). The van der Waals surface area contributed by atoms with Crippen molar-refractivity contribution in [3.63, 3.8) is 0 Å². The largest absolute Gasteiger partial charge is 0.493 e. The minimum Gasteiger partial charge on any atom is -0.493 e. The van der Waals surface area contributed by atoms with Gasteiger partial charge in [-0.15, -0.1) is 16.7 Å². The first-order valence-corrected chi connectivity index (χ1v) is 12.7. The van der Waals surface area contributed by atoms with Gasteiger partial charge in [0.05, 0.1) is 25.5 Å². The highest BCUT2D eigenvalue weighted by Gasteiger charge is 2.23. The highest BCUT2D eigenvalue weighted by molar-refractivity contribution is 14.1. The highest BCUT2D eigenvalue weighted by Crippen LogP contribution is 2.33. The third-order valence-corrected chi connectivity index (χ3v) is 7.08. The van der Waals surface area contributed by atoms with E-state index in [0.717, 1.165) is 11.3 Å². The van der Waals surface area contributed by atoms with E-state index in [2.05, 4.69) is 43.2 Å². The summed E-state index contributed by atoms with van der Waals surface area (Å²) in [4.78, 5) is 0. The number of aromatic nitrogens is 3. The quantitative estimate of drug-likeness (QED) is 0.237. The second kappa shape index (κ2) is 12.2. The number of aliphatic hydroxyl groups excluding tert-OH is 2.